The Morgan fingerprint density at radius 3 is 1.65 bits per heavy atom. The van der Waals surface area contributed by atoms with Crippen LogP contribution in [-0.2, 0) is 10.8 Å². The third kappa shape index (κ3) is 12.4. The molecule has 81 heavy (non-hydrogen) atoms. The van der Waals surface area contributed by atoms with E-state index in [4.69, 9.17) is 9.98 Å². The van der Waals surface area contributed by atoms with Gasteiger partial charge < -0.3 is 4.57 Å². The molecular formula is C77H76N4. The first-order valence-corrected chi connectivity index (χ1v) is 28.7. The molecule has 0 saturated carbocycles. The zero-order valence-corrected chi connectivity index (χ0v) is 48.9. The minimum Gasteiger partial charge on any atom is -0.311 e. The number of hydrogen-bond donors (Lipinski definition) is 1. The van der Waals surface area contributed by atoms with Crippen molar-refractivity contribution in [3.8, 4) is 11.1 Å². The highest BCUT2D eigenvalue weighted by atomic mass is 15.0. The van der Waals surface area contributed by atoms with Crippen molar-refractivity contribution >= 4 is 56.5 Å². The van der Waals surface area contributed by atoms with Crippen molar-refractivity contribution in [1.82, 2.24) is 4.57 Å². The number of nitrogens with zero attached hydrogens (tertiary/aromatic N) is 3. The monoisotopic (exact) mass is 1060 g/mol. The second kappa shape index (κ2) is 23.9. The molecule has 0 fully saturated rings. The van der Waals surface area contributed by atoms with Crippen molar-refractivity contribution in [2.24, 2.45) is 15.9 Å². The Hall–Kier alpha value is -8.73. The average Bonchev–Trinajstić information content (AvgIpc) is 3.84. The minimum absolute atomic E-state index is 0.125. The predicted octanol–water partition coefficient (Wildman–Crippen LogP) is 20.5. The number of benzene rings is 7. The molecule has 1 N–H and O–H groups in total. The molecule has 1 aromatic heterocycles. The SMILES string of the molecule is C/C(=C\C=C(/C)c1ccccc1)C1=C(n2c3c(-c4ccccc4)cc(C(C)(C)C)cc3c3cc(C(C)(C)C)cc(C4C=CC=CC4)c32)C(/C(C)=C/C=C(\C)c2ccccc2)CC(C(=N)N=C(N=Cc2ccccc2)c2ccccc2)=C1. The summed E-state index contributed by atoms with van der Waals surface area (Å²) in [4.78, 5) is 10.2. The molecule has 2 unspecified atom stereocenters. The van der Waals surface area contributed by atoms with Crippen LogP contribution >= 0.6 is 0 Å². The van der Waals surface area contributed by atoms with Crippen LogP contribution < -0.4 is 0 Å². The number of nitrogens with one attached hydrogen (secondary N) is 1. The van der Waals surface area contributed by atoms with E-state index in [1.165, 1.54) is 83.2 Å². The Morgan fingerprint density at radius 1 is 0.568 bits per heavy atom. The van der Waals surface area contributed by atoms with Gasteiger partial charge in [0.25, 0.3) is 0 Å². The molecule has 7 aromatic carbocycles. The summed E-state index contributed by atoms with van der Waals surface area (Å²) < 4.78 is 2.70. The van der Waals surface area contributed by atoms with Crippen molar-refractivity contribution < 1.29 is 0 Å². The van der Waals surface area contributed by atoms with Gasteiger partial charge in [-0.2, -0.15) is 0 Å². The number of aliphatic imine (C=N–C) groups is 2. The number of amidine groups is 2. The van der Waals surface area contributed by atoms with Gasteiger partial charge in [-0.25, -0.2) is 9.98 Å². The third-order valence-electron chi connectivity index (χ3n) is 16.1. The van der Waals surface area contributed by atoms with Crippen LogP contribution in [0.5, 0.6) is 0 Å². The van der Waals surface area contributed by atoms with Crippen molar-refractivity contribution in [2.75, 3.05) is 0 Å². The summed E-state index contributed by atoms with van der Waals surface area (Å²) in [7, 11) is 0. The maximum absolute atomic E-state index is 10.2. The lowest BCUT2D eigenvalue weighted by Crippen LogP contribution is -2.22. The average molecular weight is 1060 g/mol. The van der Waals surface area contributed by atoms with Crippen LogP contribution in [-0.4, -0.2) is 22.5 Å². The third-order valence-corrected chi connectivity index (χ3v) is 16.1. The Labute approximate surface area is 481 Å². The van der Waals surface area contributed by atoms with Gasteiger partial charge in [-0.05, 0) is 142 Å². The van der Waals surface area contributed by atoms with Crippen LogP contribution in [0.15, 0.2) is 263 Å². The second-order valence-electron chi connectivity index (χ2n) is 24.0. The lowest BCUT2D eigenvalue weighted by Gasteiger charge is -2.33. The lowest BCUT2D eigenvalue weighted by molar-refractivity contribution is 0.589. The molecule has 0 saturated heterocycles. The highest BCUT2D eigenvalue weighted by Gasteiger charge is 2.35. The van der Waals surface area contributed by atoms with E-state index in [1.807, 2.05) is 66.9 Å². The van der Waals surface area contributed by atoms with Gasteiger partial charge in [0, 0.05) is 45.6 Å². The molecule has 0 amide bonds. The Balaban J connectivity index is 1.37. The molecular weight excluding hydrogens is 981 g/mol. The molecule has 4 heteroatoms. The largest absolute Gasteiger partial charge is 0.311 e. The van der Waals surface area contributed by atoms with E-state index in [0.717, 1.165) is 34.3 Å². The van der Waals surface area contributed by atoms with E-state index >= 15 is 0 Å². The van der Waals surface area contributed by atoms with Crippen molar-refractivity contribution in [3.63, 3.8) is 0 Å². The lowest BCUT2D eigenvalue weighted by atomic mass is 9.79. The van der Waals surface area contributed by atoms with Gasteiger partial charge in [0.2, 0.25) is 0 Å². The first-order chi connectivity index (χ1) is 39.0. The topological polar surface area (TPSA) is 53.5 Å². The van der Waals surface area contributed by atoms with E-state index < -0.39 is 0 Å². The summed E-state index contributed by atoms with van der Waals surface area (Å²) >= 11 is 0. The van der Waals surface area contributed by atoms with Crippen LogP contribution in [0.3, 0.4) is 0 Å². The summed E-state index contributed by atoms with van der Waals surface area (Å²) in [6.45, 7) is 23.0. The maximum atomic E-state index is 10.2. The summed E-state index contributed by atoms with van der Waals surface area (Å²) in [6, 6.07) is 62.5. The summed E-state index contributed by atoms with van der Waals surface area (Å²) in [5.74, 6) is 0.593. The summed E-state index contributed by atoms with van der Waals surface area (Å²) in [5, 5.41) is 12.7. The molecule has 4 nitrogen and oxygen atoms in total. The van der Waals surface area contributed by atoms with Crippen molar-refractivity contribution in [1.29, 1.82) is 5.41 Å². The van der Waals surface area contributed by atoms with Gasteiger partial charge >= 0.3 is 0 Å². The van der Waals surface area contributed by atoms with E-state index in [-0.39, 0.29) is 28.5 Å². The fourth-order valence-electron chi connectivity index (χ4n) is 11.2. The zero-order chi connectivity index (χ0) is 56.8. The zero-order valence-electron chi connectivity index (χ0n) is 48.9. The molecule has 404 valence electrons. The van der Waals surface area contributed by atoms with Gasteiger partial charge in [-0.3, -0.25) is 5.41 Å². The van der Waals surface area contributed by atoms with Crippen LogP contribution in [0.2, 0.25) is 0 Å². The molecule has 10 rings (SSSR count). The molecule has 0 bridgehead atoms. The van der Waals surface area contributed by atoms with Gasteiger partial charge in [-0.1, -0.05) is 253 Å². The highest BCUT2D eigenvalue weighted by Crippen LogP contribution is 2.50. The molecule has 0 spiro atoms. The highest BCUT2D eigenvalue weighted by molar-refractivity contribution is 6.17. The fourth-order valence-corrected chi connectivity index (χ4v) is 11.2. The molecule has 0 aliphatic heterocycles. The molecule has 2 aliphatic carbocycles. The molecule has 2 atom stereocenters. The number of rotatable bonds is 12. The summed E-state index contributed by atoms with van der Waals surface area (Å²) in [6.07, 6.45) is 23.9. The van der Waals surface area contributed by atoms with Crippen LogP contribution in [0.25, 0.3) is 49.8 Å². The van der Waals surface area contributed by atoms with Crippen LogP contribution in [0.1, 0.15) is 127 Å². The smallest absolute Gasteiger partial charge is 0.161 e. The van der Waals surface area contributed by atoms with Crippen LogP contribution in [0.4, 0.5) is 0 Å². The van der Waals surface area contributed by atoms with E-state index in [2.05, 4.69) is 244 Å². The molecule has 0 radical (unpaired) electrons. The van der Waals surface area contributed by atoms with Gasteiger partial charge in [0.05, 0.1) is 11.0 Å². The minimum atomic E-state index is -0.215. The Kier molecular flexibility index (Phi) is 16.4. The van der Waals surface area contributed by atoms with E-state index in [1.54, 1.807) is 0 Å². The number of aromatic nitrogens is 1. The first-order valence-electron chi connectivity index (χ1n) is 28.7. The second-order valence-corrected chi connectivity index (χ2v) is 24.0. The number of fused-ring (bicyclic) bond motifs is 3. The van der Waals surface area contributed by atoms with Gasteiger partial charge in [0.1, 0.15) is 5.84 Å². The molecule has 2 aliphatic rings. The normalized spacial score (nSPS) is 17.0. The maximum Gasteiger partial charge on any atom is 0.161 e. The van der Waals surface area contributed by atoms with Crippen molar-refractivity contribution in [3.05, 3.63) is 292 Å². The van der Waals surface area contributed by atoms with E-state index in [9.17, 15) is 5.41 Å². The van der Waals surface area contributed by atoms with Gasteiger partial charge in [-0.15, -0.1) is 0 Å². The van der Waals surface area contributed by atoms with E-state index in [0.29, 0.717) is 12.3 Å². The standard InChI is InChI=1S/C77H76N4/c1-52(57-31-19-12-20-32-57)41-43-54(3)65-45-62(74(78)80-75(61-39-27-16-28-40-61)79-51-56-29-17-11-18-30-56)46-66(55(4)44-42-53(2)58-33-21-13-22-34-58)71(65)81-72-67(59-35-23-14-24-36-59)47-63(76(5,6)7)49-69(72)70-50-64(77(8,9)10)48-68(73(70)81)60-37-25-15-26-38-60/h11-37,39-45,47-51,60,66,78H,38,46H2,1-10H3/b52-41+,53-42+,54-43+,55-44+,78-74?,79-51?,80-75?. The first kappa shape index (κ1) is 55.6. The fraction of sp³-hybridized carbons (Fsp3) is 0.208. The van der Waals surface area contributed by atoms with Gasteiger partial charge in [0.15, 0.2) is 5.84 Å². The number of hydrogen-bond acceptors (Lipinski definition) is 1. The van der Waals surface area contributed by atoms with Crippen LogP contribution in [0, 0.1) is 11.3 Å². The number of allylic oxidation sites excluding steroid dienone is 15. The van der Waals surface area contributed by atoms with Crippen molar-refractivity contribution in [2.45, 2.75) is 98.8 Å². The predicted molar refractivity (Wildman–Crippen MR) is 350 cm³/mol. The Morgan fingerprint density at radius 2 is 1.09 bits per heavy atom. The quantitative estimate of drug-likeness (QED) is 0.0720. The Bertz CT molecular complexity index is 3950. The molecule has 1 heterocycles. The summed E-state index contributed by atoms with van der Waals surface area (Å²) in [5.41, 5.74) is 20.3. The molecule has 8 aromatic rings.